The molecule has 11 heteroatoms. The van der Waals surface area contributed by atoms with Crippen LogP contribution in [0.25, 0.3) is 10.9 Å². The molecule has 0 aliphatic carbocycles. The predicted octanol–water partition coefficient (Wildman–Crippen LogP) is 4.88. The minimum atomic E-state index is -1.01. The molecule has 258 valence electrons. The van der Waals surface area contributed by atoms with E-state index in [1.807, 2.05) is 36.4 Å². The quantitative estimate of drug-likeness (QED) is 0.103. The number of piperidine rings is 3. The number of aliphatic hydroxyl groups is 1. The molecule has 3 aliphatic heterocycles. The van der Waals surface area contributed by atoms with Crippen LogP contribution in [0.2, 0.25) is 0 Å². The van der Waals surface area contributed by atoms with Crippen LogP contribution in [-0.4, -0.2) is 76.1 Å². The van der Waals surface area contributed by atoms with E-state index in [2.05, 4.69) is 20.5 Å². The number of phenolic OH excluding ortho intramolecular Hbond substituents is 1. The number of nitrogens with zero attached hydrogens (tertiary/aromatic N) is 1. The molecular weight excluding hydrogens is 624 g/mol. The molecule has 1 aromatic heterocycles. The summed E-state index contributed by atoms with van der Waals surface area (Å²) in [5.41, 5.74) is 3.04. The van der Waals surface area contributed by atoms with Gasteiger partial charge in [-0.25, -0.2) is 9.59 Å². The Bertz CT molecular complexity index is 1820. The van der Waals surface area contributed by atoms with Gasteiger partial charge in [0.2, 0.25) is 5.56 Å². The second-order valence-corrected chi connectivity index (χ2v) is 13.1. The average molecular weight is 669 g/mol. The number of ether oxygens (including phenoxy) is 1. The van der Waals surface area contributed by atoms with Crippen molar-refractivity contribution in [2.45, 2.75) is 56.8 Å². The monoisotopic (exact) mass is 668 g/mol. The molecule has 1 amide bonds. The van der Waals surface area contributed by atoms with Crippen LogP contribution in [0.1, 0.15) is 76.9 Å². The molecule has 3 unspecified atom stereocenters. The molecule has 3 aliphatic rings. The highest BCUT2D eigenvalue weighted by molar-refractivity contribution is 5.90. The lowest BCUT2D eigenvalue weighted by molar-refractivity contribution is -0.0336. The van der Waals surface area contributed by atoms with E-state index in [1.54, 1.807) is 24.3 Å². The summed E-state index contributed by atoms with van der Waals surface area (Å²) in [6.45, 7) is 3.76. The number of carbonyl (C=O) groups excluding carboxylic acids is 1. The highest BCUT2D eigenvalue weighted by atomic mass is 16.6. The predicted molar refractivity (Wildman–Crippen MR) is 186 cm³/mol. The lowest BCUT2D eigenvalue weighted by atomic mass is 9.86. The Morgan fingerprint density at radius 1 is 0.939 bits per heavy atom. The van der Waals surface area contributed by atoms with Crippen LogP contribution in [0.15, 0.2) is 77.6 Å². The first-order chi connectivity index (χ1) is 23.8. The number of amides is 1. The normalized spacial score (nSPS) is 19.7. The Morgan fingerprint density at radius 2 is 1.73 bits per heavy atom. The van der Waals surface area contributed by atoms with E-state index < -0.39 is 24.2 Å². The molecule has 3 fully saturated rings. The highest BCUT2D eigenvalue weighted by Gasteiger charge is 2.37. The highest BCUT2D eigenvalue weighted by Crippen LogP contribution is 2.32. The number of rotatable bonds is 14. The van der Waals surface area contributed by atoms with Crippen LogP contribution in [0, 0.1) is 5.92 Å². The topological polar surface area (TPSA) is 164 Å². The van der Waals surface area contributed by atoms with E-state index in [9.17, 15) is 29.7 Å². The molecule has 7 rings (SSSR count). The van der Waals surface area contributed by atoms with Gasteiger partial charge in [0.1, 0.15) is 11.9 Å². The van der Waals surface area contributed by atoms with Crippen LogP contribution in [0.3, 0.4) is 0 Å². The number of hydrogen-bond donors (Lipinski definition) is 6. The van der Waals surface area contributed by atoms with E-state index >= 15 is 0 Å². The number of carbonyl (C=O) groups is 2. The number of phenols is 1. The second kappa shape index (κ2) is 15.7. The summed E-state index contributed by atoms with van der Waals surface area (Å²) >= 11 is 0. The standard InChI is InChI=1S/C38H44N4O7/c43-31-15-13-27(29-14-16-34(45)40-36(29)31)32(44)22-39-19-6-2-5-10-26-28(11-7-12-30(26)37(46)47)35(25-8-3-1-4-9-25)41-38(48)49-33-23-42-20-17-24(33)18-21-42/h1,3-4,7-9,11-16,24,32-33,35,39,43-44H,2,5-6,10,17-23H2,(H,40,45)(H,41,48)(H,46,47). The maximum atomic E-state index is 13.3. The Morgan fingerprint density at radius 3 is 2.47 bits per heavy atom. The van der Waals surface area contributed by atoms with Gasteiger partial charge in [-0.3, -0.25) is 9.69 Å². The average Bonchev–Trinajstić information content (AvgIpc) is 3.11. The van der Waals surface area contributed by atoms with Crippen molar-refractivity contribution in [1.29, 1.82) is 0 Å². The summed E-state index contributed by atoms with van der Waals surface area (Å²) in [5, 5.41) is 38.0. The Hall–Kier alpha value is -4.71. The number of alkyl carbamates (subject to hydrolysis) is 1. The summed E-state index contributed by atoms with van der Waals surface area (Å²) in [6.07, 6.45) is 3.41. The summed E-state index contributed by atoms with van der Waals surface area (Å²) in [5.74, 6) is -0.700. The molecule has 4 heterocycles. The summed E-state index contributed by atoms with van der Waals surface area (Å²) in [6, 6.07) is 20.3. The van der Waals surface area contributed by atoms with Crippen LogP contribution in [0.4, 0.5) is 4.79 Å². The van der Waals surface area contributed by atoms with E-state index in [0.29, 0.717) is 40.9 Å². The molecule has 49 heavy (non-hydrogen) atoms. The summed E-state index contributed by atoms with van der Waals surface area (Å²) < 4.78 is 5.97. The van der Waals surface area contributed by atoms with E-state index in [1.165, 1.54) is 12.1 Å². The third-order valence-corrected chi connectivity index (χ3v) is 9.89. The minimum absolute atomic E-state index is 0.0560. The molecular formula is C38H44N4O7. The maximum Gasteiger partial charge on any atom is 0.408 e. The number of aromatic nitrogens is 1. The largest absolute Gasteiger partial charge is 0.506 e. The SMILES string of the molecule is O=C(NC(c1ccccc1)c1cccc(C(=O)O)c1CCCCCNCC(O)c1ccc(O)c2[nH]c(=O)ccc12)OC1CN2CCC1CC2. The van der Waals surface area contributed by atoms with Gasteiger partial charge < -0.3 is 35.7 Å². The molecule has 3 saturated heterocycles. The molecule has 0 saturated carbocycles. The van der Waals surface area contributed by atoms with Crippen molar-refractivity contribution in [2.24, 2.45) is 5.92 Å². The number of pyridine rings is 1. The zero-order valence-corrected chi connectivity index (χ0v) is 27.4. The Labute approximate surface area is 284 Å². The first kappa shape index (κ1) is 34.2. The molecule has 3 aromatic carbocycles. The molecule has 0 radical (unpaired) electrons. The number of aromatic carboxylic acids is 1. The fourth-order valence-electron chi connectivity index (χ4n) is 7.30. The number of fused-ring (bicyclic) bond motifs is 4. The fraction of sp³-hybridized carbons (Fsp3) is 0.395. The third-order valence-electron chi connectivity index (χ3n) is 9.89. The lowest BCUT2D eigenvalue weighted by Crippen LogP contribution is -2.52. The number of hydrogen-bond acceptors (Lipinski definition) is 8. The number of carboxylic acids is 1. The van der Waals surface area contributed by atoms with Crippen molar-refractivity contribution >= 4 is 23.0 Å². The maximum absolute atomic E-state index is 13.3. The molecule has 2 bridgehead atoms. The first-order valence-corrected chi connectivity index (χ1v) is 17.1. The van der Waals surface area contributed by atoms with E-state index in [4.69, 9.17) is 4.74 Å². The van der Waals surface area contributed by atoms with Gasteiger partial charge in [0.25, 0.3) is 0 Å². The molecule has 4 aromatic rings. The fourth-order valence-corrected chi connectivity index (χ4v) is 7.30. The van der Waals surface area contributed by atoms with Gasteiger partial charge in [0.05, 0.1) is 23.2 Å². The second-order valence-electron chi connectivity index (χ2n) is 13.1. The van der Waals surface area contributed by atoms with Crippen molar-refractivity contribution in [3.8, 4) is 5.75 Å². The van der Waals surface area contributed by atoms with Crippen molar-refractivity contribution in [3.63, 3.8) is 0 Å². The Balaban J connectivity index is 1.08. The first-order valence-electron chi connectivity index (χ1n) is 17.1. The molecule has 11 nitrogen and oxygen atoms in total. The van der Waals surface area contributed by atoms with Gasteiger partial charge >= 0.3 is 12.1 Å². The summed E-state index contributed by atoms with van der Waals surface area (Å²) in [4.78, 5) is 42.4. The van der Waals surface area contributed by atoms with Crippen molar-refractivity contribution in [2.75, 3.05) is 32.7 Å². The number of carboxylic acid groups (broad SMARTS) is 1. The van der Waals surface area contributed by atoms with Crippen LogP contribution in [0.5, 0.6) is 5.75 Å². The zero-order valence-electron chi connectivity index (χ0n) is 27.4. The van der Waals surface area contributed by atoms with Gasteiger partial charge in [-0.2, -0.15) is 0 Å². The van der Waals surface area contributed by atoms with Gasteiger partial charge in [0.15, 0.2) is 0 Å². The molecule has 0 spiro atoms. The molecule has 3 atom stereocenters. The number of benzene rings is 3. The van der Waals surface area contributed by atoms with Gasteiger partial charge in [-0.05, 0) is 98.1 Å². The van der Waals surface area contributed by atoms with Gasteiger partial charge in [0, 0.05) is 24.5 Å². The number of nitrogens with one attached hydrogen (secondary N) is 3. The minimum Gasteiger partial charge on any atom is -0.506 e. The van der Waals surface area contributed by atoms with E-state index in [0.717, 1.165) is 62.9 Å². The van der Waals surface area contributed by atoms with Crippen molar-refractivity contribution in [1.82, 2.24) is 20.5 Å². The number of unbranched alkanes of at least 4 members (excludes halogenated alkanes) is 2. The van der Waals surface area contributed by atoms with Gasteiger partial charge in [-0.1, -0.05) is 55.0 Å². The van der Waals surface area contributed by atoms with Crippen LogP contribution < -0.4 is 16.2 Å². The zero-order chi connectivity index (χ0) is 34.3. The van der Waals surface area contributed by atoms with Crippen LogP contribution in [-0.2, 0) is 11.2 Å². The van der Waals surface area contributed by atoms with Crippen molar-refractivity contribution in [3.05, 3.63) is 111 Å². The number of H-pyrrole nitrogens is 1. The number of aromatic hydroxyl groups is 1. The Kier molecular flexibility index (Phi) is 10.9. The van der Waals surface area contributed by atoms with Crippen molar-refractivity contribution < 1.29 is 29.6 Å². The third kappa shape index (κ3) is 8.13. The number of aromatic amines is 1. The number of aliphatic hydroxyl groups excluding tert-OH is 1. The molecule has 6 N–H and O–H groups in total. The van der Waals surface area contributed by atoms with E-state index in [-0.39, 0.29) is 29.5 Å². The smallest absolute Gasteiger partial charge is 0.408 e. The van der Waals surface area contributed by atoms with Crippen LogP contribution >= 0.6 is 0 Å². The summed E-state index contributed by atoms with van der Waals surface area (Å²) in [7, 11) is 0. The van der Waals surface area contributed by atoms with Gasteiger partial charge in [-0.15, -0.1) is 0 Å². The lowest BCUT2D eigenvalue weighted by Gasteiger charge is -2.44.